The molecule has 0 aromatic rings. The molecule has 10 heteroatoms. The van der Waals surface area contributed by atoms with Gasteiger partial charge in [0.15, 0.2) is 0 Å². The molecule has 10 nitrogen and oxygen atoms in total. The molecule has 1 aliphatic carbocycles. The molecule has 0 heterocycles. The molecule has 0 aromatic heterocycles. The molecule has 196 valence electrons. The number of ether oxygens (including phenoxy) is 3. The lowest BCUT2D eigenvalue weighted by Gasteiger charge is -2.50. The van der Waals surface area contributed by atoms with Crippen molar-refractivity contribution in [1.82, 2.24) is 9.80 Å². The van der Waals surface area contributed by atoms with Crippen molar-refractivity contribution in [3.8, 4) is 0 Å². The topological polar surface area (TPSA) is 123 Å². The summed E-state index contributed by atoms with van der Waals surface area (Å²) in [4.78, 5) is 53.5. The van der Waals surface area contributed by atoms with Gasteiger partial charge >= 0.3 is 24.2 Å². The maximum Gasteiger partial charge on any atom is 0.420 e. The molecule has 34 heavy (non-hydrogen) atoms. The van der Waals surface area contributed by atoms with Crippen molar-refractivity contribution < 1.29 is 38.5 Å². The van der Waals surface area contributed by atoms with Gasteiger partial charge in [-0.2, -0.15) is 0 Å². The van der Waals surface area contributed by atoms with Gasteiger partial charge in [-0.3, -0.25) is 9.69 Å². The second kappa shape index (κ2) is 10.4. The number of amides is 3. The SMILES string of the molecule is CC(C)(C)OC(=O)N(CC(=O)O)[C@@H]1CCCC[C@@]1(C)N(C(=O)OC(C)(C)C)C(=O)OC(C)(C)C. The summed E-state index contributed by atoms with van der Waals surface area (Å²) >= 11 is 0. The van der Waals surface area contributed by atoms with Gasteiger partial charge < -0.3 is 19.3 Å². The minimum atomic E-state index is -1.30. The van der Waals surface area contributed by atoms with Crippen LogP contribution >= 0.6 is 0 Å². The lowest BCUT2D eigenvalue weighted by molar-refractivity contribution is -0.140. The predicted octanol–water partition coefficient (Wildman–Crippen LogP) is 5.18. The molecule has 1 fully saturated rings. The number of hydrogen-bond acceptors (Lipinski definition) is 7. The lowest BCUT2D eigenvalue weighted by Crippen LogP contribution is -2.67. The number of carbonyl (C=O) groups is 4. The molecule has 3 amide bonds. The normalized spacial score (nSPS) is 21.3. The van der Waals surface area contributed by atoms with Crippen molar-refractivity contribution in [2.45, 2.75) is 123 Å². The molecule has 0 saturated heterocycles. The average molecular weight is 487 g/mol. The third kappa shape index (κ3) is 8.68. The Morgan fingerprint density at radius 3 is 1.59 bits per heavy atom. The quantitative estimate of drug-likeness (QED) is 0.539. The first-order chi connectivity index (χ1) is 15.2. The van der Waals surface area contributed by atoms with Crippen LogP contribution in [0, 0.1) is 0 Å². The van der Waals surface area contributed by atoms with Gasteiger partial charge in [-0.1, -0.05) is 12.8 Å². The Bertz CT molecular complexity index is 747. The Hall–Kier alpha value is -2.52. The fourth-order valence-electron chi connectivity index (χ4n) is 3.93. The molecule has 0 spiro atoms. The number of hydrogen-bond donors (Lipinski definition) is 1. The summed E-state index contributed by atoms with van der Waals surface area (Å²) in [6, 6.07) is -0.827. The van der Waals surface area contributed by atoms with Gasteiger partial charge in [-0.25, -0.2) is 19.3 Å². The smallest absolute Gasteiger partial charge is 0.420 e. The zero-order chi connectivity index (χ0) is 26.7. The maximum atomic E-state index is 13.3. The van der Waals surface area contributed by atoms with Crippen molar-refractivity contribution in [1.29, 1.82) is 0 Å². The molecule has 0 unspecified atom stereocenters. The summed E-state index contributed by atoms with van der Waals surface area (Å²) in [5.74, 6) is -1.24. The number of carboxylic acids is 1. The summed E-state index contributed by atoms with van der Waals surface area (Å²) in [7, 11) is 0. The Labute approximate surface area is 202 Å². The van der Waals surface area contributed by atoms with E-state index >= 15 is 0 Å². The zero-order valence-electron chi connectivity index (χ0n) is 22.3. The van der Waals surface area contributed by atoms with Crippen LogP contribution in [-0.2, 0) is 19.0 Å². The van der Waals surface area contributed by atoms with Crippen molar-refractivity contribution >= 4 is 24.2 Å². The van der Waals surface area contributed by atoms with E-state index in [9.17, 15) is 24.3 Å². The molecule has 0 aromatic carbocycles. The lowest BCUT2D eigenvalue weighted by atomic mass is 9.76. The summed E-state index contributed by atoms with van der Waals surface area (Å²) in [6.07, 6.45) is -0.646. The molecule has 1 saturated carbocycles. The van der Waals surface area contributed by atoms with Crippen LogP contribution in [0.3, 0.4) is 0 Å². The third-order valence-corrected chi connectivity index (χ3v) is 5.10. The van der Waals surface area contributed by atoms with Crippen LogP contribution in [0.2, 0.25) is 0 Å². The van der Waals surface area contributed by atoms with E-state index in [2.05, 4.69) is 0 Å². The van der Waals surface area contributed by atoms with Gasteiger partial charge in [0.2, 0.25) is 0 Å². The van der Waals surface area contributed by atoms with Crippen molar-refractivity contribution in [2.75, 3.05) is 6.54 Å². The summed E-state index contributed by atoms with van der Waals surface area (Å²) in [6.45, 7) is 16.1. The Balaban J connectivity index is 3.59. The van der Waals surface area contributed by atoms with E-state index in [-0.39, 0.29) is 0 Å². The van der Waals surface area contributed by atoms with Gasteiger partial charge in [0.05, 0.1) is 11.6 Å². The van der Waals surface area contributed by atoms with E-state index in [1.165, 1.54) is 0 Å². The molecule has 0 aliphatic heterocycles. The van der Waals surface area contributed by atoms with Crippen LogP contribution in [0.25, 0.3) is 0 Å². The molecule has 1 N–H and O–H groups in total. The van der Waals surface area contributed by atoms with E-state index < -0.39 is 59.2 Å². The molecular weight excluding hydrogens is 444 g/mol. The van der Waals surface area contributed by atoms with Gasteiger partial charge in [0, 0.05) is 0 Å². The number of nitrogens with zero attached hydrogens (tertiary/aromatic N) is 2. The van der Waals surface area contributed by atoms with Crippen LogP contribution in [0.4, 0.5) is 14.4 Å². The van der Waals surface area contributed by atoms with Crippen molar-refractivity contribution in [2.24, 2.45) is 0 Å². The highest BCUT2D eigenvalue weighted by molar-refractivity contribution is 5.89. The van der Waals surface area contributed by atoms with Crippen molar-refractivity contribution in [3.63, 3.8) is 0 Å². The number of aliphatic carboxylic acids is 1. The third-order valence-electron chi connectivity index (χ3n) is 5.10. The first-order valence-corrected chi connectivity index (χ1v) is 11.6. The van der Waals surface area contributed by atoms with Crippen LogP contribution in [0.5, 0.6) is 0 Å². The Morgan fingerprint density at radius 1 is 0.794 bits per heavy atom. The standard InChI is InChI=1S/C24H42N2O8/c1-21(2,3)32-18(29)25(15-17(27)28)16-13-11-12-14-24(16,10)26(19(30)33-22(4,5)6)20(31)34-23(7,8)9/h16H,11-15H2,1-10H3,(H,27,28)/t16-,24-/m1/s1. The van der Waals surface area contributed by atoms with E-state index in [0.29, 0.717) is 25.7 Å². The predicted molar refractivity (Wildman–Crippen MR) is 126 cm³/mol. The van der Waals surface area contributed by atoms with E-state index in [4.69, 9.17) is 14.2 Å². The van der Waals surface area contributed by atoms with E-state index in [1.54, 1.807) is 69.2 Å². The first kappa shape index (κ1) is 29.5. The minimum absolute atomic E-state index is 0.328. The number of carbonyl (C=O) groups excluding carboxylic acids is 3. The minimum Gasteiger partial charge on any atom is -0.480 e. The Morgan fingerprint density at radius 2 is 1.21 bits per heavy atom. The summed E-state index contributed by atoms with van der Waals surface area (Å²) in [5, 5.41) is 9.55. The van der Waals surface area contributed by atoms with Crippen LogP contribution in [-0.4, -0.2) is 74.1 Å². The summed E-state index contributed by atoms with van der Waals surface area (Å²) < 4.78 is 16.6. The van der Waals surface area contributed by atoms with Gasteiger partial charge in [0.1, 0.15) is 23.3 Å². The van der Waals surface area contributed by atoms with E-state index in [0.717, 1.165) is 9.80 Å². The number of carboxylic acid groups (broad SMARTS) is 1. The van der Waals surface area contributed by atoms with E-state index in [1.807, 2.05) is 0 Å². The molecular formula is C24H42N2O8. The maximum absolute atomic E-state index is 13.3. The second-order valence-electron chi connectivity index (χ2n) is 11.9. The Kier molecular flexibility index (Phi) is 9.02. The fraction of sp³-hybridized carbons (Fsp3) is 0.833. The van der Waals surface area contributed by atoms with Gasteiger partial charge in [-0.05, 0) is 82.1 Å². The van der Waals surface area contributed by atoms with Crippen LogP contribution < -0.4 is 0 Å². The second-order valence-corrected chi connectivity index (χ2v) is 11.9. The molecule has 1 aliphatic rings. The number of imide groups is 1. The molecule has 0 radical (unpaired) electrons. The fourth-order valence-corrected chi connectivity index (χ4v) is 3.93. The molecule has 1 rings (SSSR count). The zero-order valence-corrected chi connectivity index (χ0v) is 22.3. The van der Waals surface area contributed by atoms with Gasteiger partial charge in [-0.15, -0.1) is 0 Å². The van der Waals surface area contributed by atoms with Crippen LogP contribution in [0.15, 0.2) is 0 Å². The summed E-state index contributed by atoms with van der Waals surface area (Å²) in [5.41, 5.74) is -3.96. The largest absolute Gasteiger partial charge is 0.480 e. The monoisotopic (exact) mass is 486 g/mol. The molecule has 2 atom stereocenters. The average Bonchev–Trinajstić information content (AvgIpc) is 2.55. The van der Waals surface area contributed by atoms with Crippen LogP contribution in [0.1, 0.15) is 94.9 Å². The highest BCUT2D eigenvalue weighted by atomic mass is 16.6. The molecule has 0 bridgehead atoms. The number of rotatable bonds is 4. The highest BCUT2D eigenvalue weighted by Gasteiger charge is 2.53. The van der Waals surface area contributed by atoms with Crippen molar-refractivity contribution in [3.05, 3.63) is 0 Å². The first-order valence-electron chi connectivity index (χ1n) is 11.6. The highest BCUT2D eigenvalue weighted by Crippen LogP contribution is 2.39. The van der Waals surface area contributed by atoms with Gasteiger partial charge in [0.25, 0.3) is 0 Å².